The zero-order chi connectivity index (χ0) is 39.4. The number of hydrogen-bond acceptors (Lipinski definition) is 11. The van der Waals surface area contributed by atoms with E-state index in [1.165, 1.54) is 11.1 Å². The van der Waals surface area contributed by atoms with E-state index in [2.05, 4.69) is 95.2 Å². The molecule has 12 heteroatoms. The molecule has 0 spiro atoms. The molecule has 290 valence electrons. The lowest BCUT2D eigenvalue weighted by Gasteiger charge is -2.31. The number of benzene rings is 2. The third kappa shape index (κ3) is 15.4. The summed E-state index contributed by atoms with van der Waals surface area (Å²) in [6.07, 6.45) is 0. The largest absolute Gasteiger partial charge is 0.492 e. The Morgan fingerprint density at radius 3 is 0.860 bits per heavy atom. The average molecular weight is 731 g/mol. The number of ether oxygens (including phenoxy) is 2. The number of hydrogen-bond donors (Lipinski definition) is 9. The number of aliphatic hydroxyl groups is 6. The number of rotatable bonds is 12. The molecule has 0 amide bonds. The maximum atomic E-state index is 9.43. The Bertz CT molecular complexity index is 1150. The van der Waals surface area contributed by atoms with Gasteiger partial charge in [-0.2, -0.15) is 0 Å². The molecule has 11 nitrogen and oxygen atoms in total. The van der Waals surface area contributed by atoms with Crippen molar-refractivity contribution in [3.8, 4) is 11.5 Å². The fraction of sp³-hybridized carbons (Fsp3) is 0.684. The molecule has 0 heterocycles. The van der Waals surface area contributed by atoms with Crippen LogP contribution >= 0.6 is 8.60 Å². The molecule has 0 aliphatic rings. The van der Waals surface area contributed by atoms with E-state index in [0.29, 0.717) is 0 Å². The monoisotopic (exact) mass is 730 g/mol. The van der Waals surface area contributed by atoms with E-state index in [9.17, 15) is 30.6 Å². The lowest BCUT2D eigenvalue weighted by atomic mass is 9.80. The summed E-state index contributed by atoms with van der Waals surface area (Å²) in [4.78, 5) is 21.7. The molecule has 0 aliphatic heterocycles. The summed E-state index contributed by atoms with van der Waals surface area (Å²) in [5.41, 5.74) is 2.44. The molecule has 2 aromatic rings. The molecular weight excluding hydrogens is 663 g/mol. The second kappa shape index (κ2) is 19.8. The Hall–Kier alpha value is -1.89. The summed E-state index contributed by atoms with van der Waals surface area (Å²) < 4.78 is 11.8. The summed E-state index contributed by atoms with van der Waals surface area (Å²) in [5, 5.41) is 56.6. The topological polar surface area (TPSA) is 201 Å². The van der Waals surface area contributed by atoms with Crippen molar-refractivity contribution in [3.05, 3.63) is 58.7 Å². The highest BCUT2D eigenvalue weighted by atomic mass is 31.2. The molecule has 0 saturated carbocycles. The van der Waals surface area contributed by atoms with Crippen LogP contribution in [0.3, 0.4) is 0 Å². The van der Waals surface area contributed by atoms with Gasteiger partial charge in [0.1, 0.15) is 24.7 Å². The van der Waals surface area contributed by atoms with Crippen LogP contribution in [0, 0.1) is 10.8 Å². The maximum absolute atomic E-state index is 9.43. The van der Waals surface area contributed by atoms with Crippen LogP contribution in [0.15, 0.2) is 36.4 Å². The predicted molar refractivity (Wildman–Crippen MR) is 200 cm³/mol. The van der Waals surface area contributed by atoms with Gasteiger partial charge in [0, 0.05) is 0 Å². The van der Waals surface area contributed by atoms with Gasteiger partial charge >= 0.3 is 8.60 Å². The van der Waals surface area contributed by atoms with Crippen LogP contribution in [0.1, 0.15) is 105 Å². The minimum absolute atomic E-state index is 0.0452. The van der Waals surface area contributed by atoms with E-state index in [-0.39, 0.29) is 74.5 Å². The molecule has 0 bridgehead atoms. The number of aliphatic hydroxyl groups excluding tert-OH is 6. The quantitative estimate of drug-likeness (QED) is 0.140. The van der Waals surface area contributed by atoms with Crippen molar-refractivity contribution in [2.75, 3.05) is 52.9 Å². The van der Waals surface area contributed by atoms with Crippen molar-refractivity contribution in [1.82, 2.24) is 0 Å². The van der Waals surface area contributed by atoms with Gasteiger partial charge < -0.3 is 54.8 Å². The van der Waals surface area contributed by atoms with Gasteiger partial charge in [-0.1, -0.05) is 107 Å². The summed E-state index contributed by atoms with van der Waals surface area (Å²) in [7, 11) is -2.62. The van der Waals surface area contributed by atoms with Gasteiger partial charge in [-0.15, -0.1) is 0 Å². The molecule has 0 saturated heterocycles. The lowest BCUT2D eigenvalue weighted by molar-refractivity contribution is -0.0265. The van der Waals surface area contributed by atoms with E-state index in [1.807, 2.05) is 24.3 Å². The molecule has 2 aromatic carbocycles. The van der Waals surface area contributed by atoms with Gasteiger partial charge in [-0.05, 0) is 56.0 Å². The van der Waals surface area contributed by atoms with E-state index in [0.717, 1.165) is 22.6 Å². The smallest absolute Gasteiger partial charge is 0.324 e. The molecule has 0 aromatic heterocycles. The zero-order valence-electron chi connectivity index (χ0n) is 32.4. The second-order valence-electron chi connectivity index (χ2n) is 17.2. The Balaban J connectivity index is 0.000000867. The van der Waals surface area contributed by atoms with E-state index in [4.69, 9.17) is 24.2 Å². The molecule has 0 aliphatic carbocycles. The van der Waals surface area contributed by atoms with E-state index < -0.39 is 19.4 Å². The van der Waals surface area contributed by atoms with Crippen molar-refractivity contribution in [2.24, 2.45) is 10.8 Å². The Morgan fingerprint density at radius 2 is 0.680 bits per heavy atom. The highest BCUT2D eigenvalue weighted by molar-refractivity contribution is 7.38. The van der Waals surface area contributed by atoms with Gasteiger partial charge in [-0.25, -0.2) is 0 Å². The van der Waals surface area contributed by atoms with Crippen LogP contribution in [0.25, 0.3) is 0 Å². The first-order valence-electron chi connectivity index (χ1n) is 16.8. The van der Waals surface area contributed by atoms with Crippen molar-refractivity contribution in [3.63, 3.8) is 0 Å². The maximum Gasteiger partial charge on any atom is 0.324 e. The fourth-order valence-electron chi connectivity index (χ4n) is 4.45. The molecule has 0 atom stereocenters. The fourth-order valence-corrected chi connectivity index (χ4v) is 4.45. The molecule has 0 unspecified atom stereocenters. The Morgan fingerprint density at radius 1 is 0.440 bits per heavy atom. The van der Waals surface area contributed by atoms with Gasteiger partial charge in [0.25, 0.3) is 0 Å². The summed E-state index contributed by atoms with van der Waals surface area (Å²) in [5.74, 6) is 1.45. The van der Waals surface area contributed by atoms with Crippen LogP contribution in [0.4, 0.5) is 0 Å². The molecule has 50 heavy (non-hydrogen) atoms. The summed E-state index contributed by atoms with van der Waals surface area (Å²) >= 11 is 0. The van der Waals surface area contributed by atoms with Crippen LogP contribution in [0.2, 0.25) is 0 Å². The van der Waals surface area contributed by atoms with Crippen molar-refractivity contribution in [1.29, 1.82) is 0 Å². The molecular formula is C38H67O11P. The van der Waals surface area contributed by atoms with Gasteiger partial charge in [-0.3, -0.25) is 0 Å². The molecule has 2 rings (SSSR count). The van der Waals surface area contributed by atoms with Crippen molar-refractivity contribution in [2.45, 2.75) is 105 Å². The van der Waals surface area contributed by atoms with Crippen LogP contribution in [-0.4, -0.2) is 98.2 Å². The SMILES string of the molecule is CC(C)(C)c1ccc(OCC(CO)(CO)CO)c(C(C)(C)C)c1.CC(C)(C)c1ccc(OCC(CO)(CO)CO)c(C(C)(C)C)c1.OP(O)O. The van der Waals surface area contributed by atoms with E-state index >= 15 is 0 Å². The highest BCUT2D eigenvalue weighted by Crippen LogP contribution is 2.37. The normalized spacial score (nSPS) is 12.9. The first-order chi connectivity index (χ1) is 22.7. The highest BCUT2D eigenvalue weighted by Gasteiger charge is 2.32. The first kappa shape index (κ1) is 48.1. The van der Waals surface area contributed by atoms with Crippen LogP contribution in [0.5, 0.6) is 11.5 Å². The van der Waals surface area contributed by atoms with Crippen molar-refractivity contribution < 1.29 is 54.8 Å². The first-order valence-corrected chi connectivity index (χ1v) is 18.0. The predicted octanol–water partition coefficient (Wildman–Crippen LogP) is 4.44. The average Bonchev–Trinajstić information content (AvgIpc) is 3.01. The minimum atomic E-state index is -2.62. The third-order valence-electron chi connectivity index (χ3n) is 8.39. The zero-order valence-corrected chi connectivity index (χ0v) is 33.3. The van der Waals surface area contributed by atoms with Gasteiger partial charge in [0.15, 0.2) is 0 Å². The van der Waals surface area contributed by atoms with Gasteiger partial charge in [0.2, 0.25) is 0 Å². The standard InChI is InChI=1S/2C19H32O4.H3O3P/c2*1-17(2,3)14-7-8-16(15(9-14)18(4,5)6)23-13-19(10-20,11-21)12-22;1-4(2)3/h2*7-9,20-22H,10-13H2,1-6H3;1-3H. The van der Waals surface area contributed by atoms with E-state index in [1.54, 1.807) is 0 Å². The molecule has 0 fully saturated rings. The lowest BCUT2D eigenvalue weighted by Crippen LogP contribution is -2.40. The Labute approximate surface area is 301 Å². The third-order valence-corrected chi connectivity index (χ3v) is 8.39. The van der Waals surface area contributed by atoms with Gasteiger partial charge in [0.05, 0.1) is 50.5 Å². The van der Waals surface area contributed by atoms with Crippen LogP contribution in [-0.2, 0) is 21.7 Å². The summed E-state index contributed by atoms with van der Waals surface area (Å²) in [6.45, 7) is 23.9. The molecule has 0 radical (unpaired) electrons. The minimum Gasteiger partial charge on any atom is -0.492 e. The Kier molecular flexibility index (Phi) is 19.1. The van der Waals surface area contributed by atoms with Crippen LogP contribution < -0.4 is 9.47 Å². The molecule has 9 N–H and O–H groups in total. The summed E-state index contributed by atoms with van der Waals surface area (Å²) in [6, 6.07) is 12.3. The second-order valence-corrected chi connectivity index (χ2v) is 17.8. The van der Waals surface area contributed by atoms with Crippen molar-refractivity contribution >= 4 is 8.60 Å².